The molecule has 0 atom stereocenters. The van der Waals surface area contributed by atoms with E-state index in [-0.39, 0.29) is 11.8 Å². The quantitative estimate of drug-likeness (QED) is 0.856. The maximum absolute atomic E-state index is 12.7. The van der Waals surface area contributed by atoms with Gasteiger partial charge in [0, 0.05) is 26.1 Å². The molecule has 1 aromatic rings. The maximum Gasteiger partial charge on any atom is 0.270 e. The Morgan fingerprint density at radius 2 is 1.92 bits per heavy atom. The van der Waals surface area contributed by atoms with Gasteiger partial charge in [-0.2, -0.15) is 0 Å². The Bertz CT molecular complexity index is 633. The number of anilines is 1. The zero-order valence-electron chi connectivity index (χ0n) is 14.7. The van der Waals surface area contributed by atoms with Crippen LogP contribution in [0.5, 0.6) is 5.75 Å². The van der Waals surface area contributed by atoms with E-state index in [1.807, 2.05) is 29.2 Å². The molecule has 0 N–H and O–H groups in total. The third kappa shape index (κ3) is 3.25. The predicted octanol–water partition coefficient (Wildman–Crippen LogP) is 2.84. The fourth-order valence-corrected chi connectivity index (χ4v) is 3.36. The molecule has 0 radical (unpaired) electrons. The van der Waals surface area contributed by atoms with Crippen molar-refractivity contribution in [2.24, 2.45) is 5.92 Å². The summed E-state index contributed by atoms with van der Waals surface area (Å²) in [5.74, 6) is 1.43. The molecule has 130 valence electrons. The summed E-state index contributed by atoms with van der Waals surface area (Å²) >= 11 is 0. The number of para-hydroxylation sites is 2. The van der Waals surface area contributed by atoms with Crippen LogP contribution >= 0.6 is 0 Å². The molecule has 2 heterocycles. The summed E-state index contributed by atoms with van der Waals surface area (Å²) in [6.07, 6.45) is 2.49. The summed E-state index contributed by atoms with van der Waals surface area (Å²) in [5.41, 5.74) is -0.153. The number of carbonyl (C=O) groups is 2. The number of ether oxygens (including phenoxy) is 1. The molecule has 3 rings (SSSR count). The second kappa shape index (κ2) is 6.46. The lowest BCUT2D eigenvalue weighted by Crippen LogP contribution is -2.53. The van der Waals surface area contributed by atoms with Gasteiger partial charge in [0.2, 0.25) is 5.91 Å². The van der Waals surface area contributed by atoms with E-state index in [0.717, 1.165) is 31.6 Å². The number of hydrogen-bond donors (Lipinski definition) is 0. The van der Waals surface area contributed by atoms with Gasteiger partial charge in [-0.05, 0) is 44.7 Å². The molecule has 2 aliphatic rings. The molecule has 5 heteroatoms. The highest BCUT2D eigenvalue weighted by Crippen LogP contribution is 2.37. The number of fused-ring (bicyclic) bond motifs is 1. The van der Waals surface area contributed by atoms with Gasteiger partial charge in [0.05, 0.1) is 5.69 Å². The fraction of sp³-hybridized carbons (Fsp3) is 0.579. The highest BCUT2D eigenvalue weighted by molar-refractivity contribution is 6.02. The van der Waals surface area contributed by atoms with E-state index < -0.39 is 5.60 Å². The van der Waals surface area contributed by atoms with Crippen molar-refractivity contribution in [2.45, 2.75) is 45.6 Å². The molecule has 0 unspecified atom stereocenters. The van der Waals surface area contributed by atoms with Gasteiger partial charge in [0.15, 0.2) is 5.60 Å². The minimum atomic E-state index is -0.905. The topological polar surface area (TPSA) is 49.9 Å². The molecule has 2 aliphatic heterocycles. The van der Waals surface area contributed by atoms with E-state index in [0.29, 0.717) is 24.6 Å². The molecule has 5 nitrogen and oxygen atoms in total. The first kappa shape index (κ1) is 16.8. The van der Waals surface area contributed by atoms with Gasteiger partial charge >= 0.3 is 0 Å². The monoisotopic (exact) mass is 330 g/mol. The fourth-order valence-electron chi connectivity index (χ4n) is 3.36. The normalized spacial score (nSPS) is 20.5. The molecule has 0 spiro atoms. The van der Waals surface area contributed by atoms with Crippen molar-refractivity contribution in [3.05, 3.63) is 24.3 Å². The summed E-state index contributed by atoms with van der Waals surface area (Å²) in [6.45, 7) is 7.83. The van der Waals surface area contributed by atoms with Crippen molar-refractivity contribution in [1.29, 1.82) is 0 Å². The maximum atomic E-state index is 12.7. The standard InChI is InChI=1S/C19H26N2O3/c1-14-8-11-20(12-9-14)17(22)10-13-21-15-6-4-5-7-16(15)24-19(2,3)18(21)23/h4-7,14H,8-13H2,1-3H3. The van der Waals surface area contributed by atoms with E-state index >= 15 is 0 Å². The van der Waals surface area contributed by atoms with Crippen LogP contribution in [0, 0.1) is 5.92 Å². The van der Waals surface area contributed by atoms with E-state index in [1.165, 1.54) is 0 Å². The van der Waals surface area contributed by atoms with Crippen molar-refractivity contribution in [3.63, 3.8) is 0 Å². The first-order chi connectivity index (χ1) is 11.4. The van der Waals surface area contributed by atoms with E-state index in [9.17, 15) is 9.59 Å². The van der Waals surface area contributed by atoms with Crippen LogP contribution in [0.2, 0.25) is 0 Å². The smallest absolute Gasteiger partial charge is 0.270 e. The molecule has 0 saturated carbocycles. The zero-order chi connectivity index (χ0) is 17.3. The van der Waals surface area contributed by atoms with Crippen LogP contribution in [0.1, 0.15) is 40.0 Å². The number of nitrogens with zero attached hydrogens (tertiary/aromatic N) is 2. The third-order valence-electron chi connectivity index (χ3n) is 4.97. The highest BCUT2D eigenvalue weighted by Gasteiger charge is 2.40. The average Bonchev–Trinajstić information content (AvgIpc) is 2.55. The minimum absolute atomic E-state index is 0.0960. The Morgan fingerprint density at radius 1 is 1.25 bits per heavy atom. The number of benzene rings is 1. The van der Waals surface area contributed by atoms with Crippen molar-refractivity contribution in [3.8, 4) is 5.75 Å². The van der Waals surface area contributed by atoms with E-state index in [2.05, 4.69) is 6.92 Å². The van der Waals surface area contributed by atoms with Gasteiger partial charge in [-0.3, -0.25) is 9.59 Å². The SMILES string of the molecule is CC1CCN(C(=O)CCN2C(=O)C(C)(C)Oc3ccccc32)CC1. The number of rotatable bonds is 3. The summed E-state index contributed by atoms with van der Waals surface area (Å²) in [4.78, 5) is 28.8. The van der Waals surface area contributed by atoms with Crippen molar-refractivity contribution >= 4 is 17.5 Å². The van der Waals surface area contributed by atoms with Gasteiger partial charge in [0.1, 0.15) is 5.75 Å². The molecular weight excluding hydrogens is 304 g/mol. The van der Waals surface area contributed by atoms with Crippen LogP contribution in [0.4, 0.5) is 5.69 Å². The average molecular weight is 330 g/mol. The molecule has 0 aliphatic carbocycles. The zero-order valence-corrected chi connectivity index (χ0v) is 14.7. The molecule has 1 aromatic carbocycles. The van der Waals surface area contributed by atoms with Gasteiger partial charge < -0.3 is 14.5 Å². The Morgan fingerprint density at radius 3 is 2.62 bits per heavy atom. The van der Waals surface area contributed by atoms with Gasteiger partial charge in [0.25, 0.3) is 5.91 Å². The van der Waals surface area contributed by atoms with Crippen LogP contribution in [-0.4, -0.2) is 41.9 Å². The largest absolute Gasteiger partial charge is 0.476 e. The summed E-state index contributed by atoms with van der Waals surface area (Å²) in [7, 11) is 0. The van der Waals surface area contributed by atoms with Crippen molar-refractivity contribution in [1.82, 2.24) is 4.90 Å². The van der Waals surface area contributed by atoms with Gasteiger partial charge in [-0.15, -0.1) is 0 Å². The Balaban J connectivity index is 1.70. The molecule has 1 fully saturated rings. The van der Waals surface area contributed by atoms with Crippen LogP contribution in [-0.2, 0) is 9.59 Å². The second-order valence-corrected chi connectivity index (χ2v) is 7.35. The van der Waals surface area contributed by atoms with E-state index in [4.69, 9.17) is 4.74 Å². The van der Waals surface area contributed by atoms with Crippen molar-refractivity contribution in [2.75, 3.05) is 24.5 Å². The van der Waals surface area contributed by atoms with Crippen molar-refractivity contribution < 1.29 is 14.3 Å². The summed E-state index contributed by atoms with van der Waals surface area (Å²) in [6, 6.07) is 7.51. The molecule has 0 aromatic heterocycles. The Hall–Kier alpha value is -2.04. The molecular formula is C19H26N2O3. The lowest BCUT2D eigenvalue weighted by Gasteiger charge is -2.39. The molecule has 1 saturated heterocycles. The number of carbonyl (C=O) groups excluding carboxylic acids is 2. The third-order valence-corrected chi connectivity index (χ3v) is 4.97. The first-order valence-corrected chi connectivity index (χ1v) is 8.76. The minimum Gasteiger partial charge on any atom is -0.476 e. The summed E-state index contributed by atoms with van der Waals surface area (Å²) < 4.78 is 5.81. The molecule has 0 bridgehead atoms. The van der Waals surface area contributed by atoms with Gasteiger partial charge in [-0.1, -0.05) is 19.1 Å². The van der Waals surface area contributed by atoms with Crippen LogP contribution in [0.15, 0.2) is 24.3 Å². The number of amides is 2. The lowest BCUT2D eigenvalue weighted by molar-refractivity contribution is -0.134. The van der Waals surface area contributed by atoms with Crippen LogP contribution < -0.4 is 9.64 Å². The Kier molecular flexibility index (Phi) is 4.52. The number of likely N-dealkylation sites (tertiary alicyclic amines) is 1. The highest BCUT2D eigenvalue weighted by atomic mass is 16.5. The van der Waals surface area contributed by atoms with Crippen LogP contribution in [0.25, 0.3) is 0 Å². The summed E-state index contributed by atoms with van der Waals surface area (Å²) in [5, 5.41) is 0. The number of piperidine rings is 1. The molecule has 2 amide bonds. The van der Waals surface area contributed by atoms with Gasteiger partial charge in [-0.25, -0.2) is 0 Å². The Labute approximate surface area is 143 Å². The molecule has 24 heavy (non-hydrogen) atoms. The first-order valence-electron chi connectivity index (χ1n) is 8.76. The lowest BCUT2D eigenvalue weighted by atomic mass is 9.99. The second-order valence-electron chi connectivity index (χ2n) is 7.35. The predicted molar refractivity (Wildman–Crippen MR) is 93.1 cm³/mol. The number of hydrogen-bond acceptors (Lipinski definition) is 3. The van der Waals surface area contributed by atoms with Crippen LogP contribution in [0.3, 0.4) is 0 Å². The van der Waals surface area contributed by atoms with E-state index in [1.54, 1.807) is 18.7 Å².